The number of para-hydroxylation sites is 2. The Bertz CT molecular complexity index is 4370. The summed E-state index contributed by atoms with van der Waals surface area (Å²) in [6, 6.07) is 11.0. The number of hydrogen-bond acceptors (Lipinski definition) is 17. The molecule has 0 spiro atoms. The average Bonchev–Trinajstić information content (AvgIpc) is 1.54. The van der Waals surface area contributed by atoms with Crippen LogP contribution in [0.5, 0.6) is 0 Å². The number of fused-ring (bicyclic) bond motifs is 3. The van der Waals surface area contributed by atoms with Crippen LogP contribution in [0.2, 0.25) is 0 Å². The first-order chi connectivity index (χ1) is 53.3. The molecule has 2 aromatic heterocycles. The lowest BCUT2D eigenvalue weighted by atomic mass is 9.96. The van der Waals surface area contributed by atoms with Crippen LogP contribution in [0.3, 0.4) is 0 Å². The predicted octanol–water partition coefficient (Wildman–Crippen LogP) is -0.843. The second kappa shape index (κ2) is 42.5. The zero-order valence-electron chi connectivity index (χ0n) is 63.9. The zero-order chi connectivity index (χ0) is 81.9. The lowest BCUT2D eigenvalue weighted by Crippen LogP contribution is -2.62. The molecule has 12 atom stereocenters. The Labute approximate surface area is 652 Å². The van der Waals surface area contributed by atoms with Crippen LogP contribution in [-0.2, 0) is 86.4 Å². The van der Waals surface area contributed by atoms with Gasteiger partial charge in [0.15, 0.2) is 5.96 Å². The SMILES string of the molecule is CC[C@H](C)[C@@H]1NC(=O)[C@H](Cc2ccc3ccccc3c2)NC(=O)CSC[C@@H](C(N)=O)NC(=O)[C@H](C(C)C)NC(=O)[C@H](Cc2c[nH]c3ccccc23)NC(=O)[C@@H](CCCCN)NC(=O)[C@H](C(C)C)NC(=O)[C@H](Cc2c[nH]c3ccccc23)NC(=O)[C@H](CC(N)=O)NC(=O)[C@H](CCCNC(=N)N)NC(=O)CNC(=O)[C@H](C)NC1=O. The minimum absolute atomic E-state index is 0.0140. The normalized spacial score (nSPS) is 23.2. The monoisotopic (exact) mass is 1570 g/mol. The van der Waals surface area contributed by atoms with Crippen molar-refractivity contribution >= 4 is 133 Å². The van der Waals surface area contributed by atoms with Gasteiger partial charge >= 0.3 is 0 Å². The molecule has 24 N–H and O–H groups in total. The molecule has 1 aliphatic heterocycles. The van der Waals surface area contributed by atoms with Crippen molar-refractivity contribution in [3.63, 3.8) is 0 Å². The minimum Gasteiger partial charge on any atom is -0.370 e. The van der Waals surface area contributed by atoms with Gasteiger partial charge in [-0.1, -0.05) is 127 Å². The highest BCUT2D eigenvalue weighted by atomic mass is 32.2. The van der Waals surface area contributed by atoms with Gasteiger partial charge in [0.2, 0.25) is 82.7 Å². The van der Waals surface area contributed by atoms with E-state index >= 15 is 14.4 Å². The lowest BCUT2D eigenvalue weighted by Gasteiger charge is -2.29. The molecule has 0 bridgehead atoms. The van der Waals surface area contributed by atoms with Crippen molar-refractivity contribution in [2.24, 2.45) is 40.7 Å². The Balaban J connectivity index is 1.26. The van der Waals surface area contributed by atoms with Crippen molar-refractivity contribution in [3.05, 3.63) is 120 Å². The third-order valence-electron chi connectivity index (χ3n) is 19.3. The summed E-state index contributed by atoms with van der Waals surface area (Å²) in [5.74, 6) is -15.8. The summed E-state index contributed by atoms with van der Waals surface area (Å²) in [5, 5.41) is 45.2. The Morgan fingerprint density at radius 1 is 0.509 bits per heavy atom. The summed E-state index contributed by atoms with van der Waals surface area (Å²) < 4.78 is 0. The molecule has 112 heavy (non-hydrogen) atoms. The van der Waals surface area contributed by atoms with E-state index in [2.05, 4.69) is 79.1 Å². The number of nitrogens with one attached hydrogen (secondary N) is 16. The average molecular weight is 1570 g/mol. The van der Waals surface area contributed by atoms with Gasteiger partial charge in [-0.15, -0.1) is 11.8 Å². The van der Waals surface area contributed by atoms with E-state index in [0.717, 1.165) is 22.5 Å². The maximum absolute atomic E-state index is 15.1. The van der Waals surface area contributed by atoms with Crippen LogP contribution >= 0.6 is 11.8 Å². The van der Waals surface area contributed by atoms with Gasteiger partial charge in [-0.2, -0.15) is 0 Å². The van der Waals surface area contributed by atoms with Crippen molar-refractivity contribution in [2.45, 2.75) is 179 Å². The number of rotatable bonds is 21. The van der Waals surface area contributed by atoms with Crippen LogP contribution < -0.4 is 92.1 Å². The molecule has 6 aromatic rings. The second-order valence-corrected chi connectivity index (χ2v) is 29.7. The summed E-state index contributed by atoms with van der Waals surface area (Å²) in [6.45, 7) is 10.7. The van der Waals surface area contributed by atoms with Crippen LogP contribution in [0.1, 0.15) is 110 Å². The van der Waals surface area contributed by atoms with Crippen molar-refractivity contribution in [1.82, 2.24) is 79.1 Å². The number of amides is 14. The first-order valence-corrected chi connectivity index (χ1v) is 38.6. The van der Waals surface area contributed by atoms with E-state index in [1.807, 2.05) is 42.5 Å². The molecule has 1 saturated heterocycles. The van der Waals surface area contributed by atoms with Crippen LogP contribution in [0.25, 0.3) is 32.6 Å². The molecule has 0 unspecified atom stereocenters. The molecule has 35 heteroatoms. The number of nitrogens with two attached hydrogens (primary N) is 4. The van der Waals surface area contributed by atoms with Gasteiger partial charge in [0.05, 0.1) is 18.7 Å². The maximum Gasteiger partial charge on any atom is 0.243 e. The van der Waals surface area contributed by atoms with E-state index in [9.17, 15) is 52.7 Å². The maximum atomic E-state index is 15.1. The minimum atomic E-state index is -1.84. The highest BCUT2D eigenvalue weighted by molar-refractivity contribution is 8.00. The summed E-state index contributed by atoms with van der Waals surface area (Å²) in [7, 11) is 0. The molecule has 4 aromatic carbocycles. The number of benzene rings is 4. The van der Waals surface area contributed by atoms with Crippen molar-refractivity contribution in [3.8, 4) is 0 Å². The van der Waals surface area contributed by atoms with Crippen LogP contribution in [0.15, 0.2) is 103 Å². The van der Waals surface area contributed by atoms with Gasteiger partial charge in [-0.3, -0.25) is 72.5 Å². The molecule has 34 nitrogen and oxygen atoms in total. The molecular formula is C77H106N20O14S. The fourth-order valence-electron chi connectivity index (χ4n) is 12.7. The molecule has 1 aliphatic rings. The highest BCUT2D eigenvalue weighted by Crippen LogP contribution is 2.24. The topological polar surface area (TPSA) is 555 Å². The Hall–Kier alpha value is -11.6. The van der Waals surface area contributed by atoms with E-state index in [-0.39, 0.29) is 63.8 Å². The van der Waals surface area contributed by atoms with E-state index in [1.165, 1.54) is 6.92 Å². The van der Waals surface area contributed by atoms with Gasteiger partial charge in [0, 0.05) is 65.8 Å². The third kappa shape index (κ3) is 26.0. The molecule has 0 radical (unpaired) electrons. The van der Waals surface area contributed by atoms with Crippen molar-refractivity contribution in [2.75, 3.05) is 31.1 Å². The molecule has 3 heterocycles. The number of guanidine groups is 1. The van der Waals surface area contributed by atoms with Crippen LogP contribution in [-0.4, -0.2) is 196 Å². The first-order valence-electron chi connectivity index (χ1n) is 37.5. The van der Waals surface area contributed by atoms with Gasteiger partial charge in [0.25, 0.3) is 0 Å². The number of primary amides is 2. The molecule has 0 saturated carbocycles. The van der Waals surface area contributed by atoms with E-state index < -0.39 is 192 Å². The summed E-state index contributed by atoms with van der Waals surface area (Å²) in [5.41, 5.74) is 26.1. The summed E-state index contributed by atoms with van der Waals surface area (Å²) >= 11 is 0.887. The van der Waals surface area contributed by atoms with Gasteiger partial charge in [-0.25, -0.2) is 0 Å². The Kier molecular flexibility index (Phi) is 33.3. The Morgan fingerprint density at radius 2 is 0.982 bits per heavy atom. The number of thioether (sulfide) groups is 1. The quantitative estimate of drug-likeness (QED) is 0.0237. The van der Waals surface area contributed by atoms with Crippen LogP contribution in [0, 0.1) is 23.2 Å². The number of aromatic nitrogens is 2. The van der Waals surface area contributed by atoms with E-state index in [4.69, 9.17) is 28.3 Å². The summed E-state index contributed by atoms with van der Waals surface area (Å²) in [4.78, 5) is 207. The van der Waals surface area contributed by atoms with Crippen LogP contribution in [0.4, 0.5) is 0 Å². The number of carbonyl (C=O) groups is 14. The van der Waals surface area contributed by atoms with Crippen molar-refractivity contribution in [1.29, 1.82) is 5.41 Å². The first kappa shape index (κ1) is 87.6. The Morgan fingerprint density at radius 3 is 1.53 bits per heavy atom. The van der Waals surface area contributed by atoms with Crippen molar-refractivity contribution < 1.29 is 67.1 Å². The predicted molar refractivity (Wildman–Crippen MR) is 423 cm³/mol. The molecule has 0 aliphatic carbocycles. The second-order valence-electron chi connectivity index (χ2n) is 28.7. The van der Waals surface area contributed by atoms with Gasteiger partial charge in [0.1, 0.15) is 66.5 Å². The number of H-pyrrole nitrogens is 2. The molecule has 7 rings (SSSR count). The van der Waals surface area contributed by atoms with Gasteiger partial charge in [-0.05, 0) is 103 Å². The number of unbranched alkanes of at least 4 members (excludes halogenated alkanes) is 1. The number of hydrogen-bond donors (Lipinski definition) is 20. The summed E-state index contributed by atoms with van der Waals surface area (Å²) in [6.07, 6.45) is 2.70. The zero-order valence-corrected chi connectivity index (χ0v) is 64.8. The van der Waals surface area contributed by atoms with E-state index in [0.29, 0.717) is 51.3 Å². The van der Waals surface area contributed by atoms with E-state index in [1.54, 1.807) is 102 Å². The highest BCUT2D eigenvalue weighted by Gasteiger charge is 2.39. The largest absolute Gasteiger partial charge is 0.370 e. The molecular weight excluding hydrogens is 1460 g/mol. The lowest BCUT2D eigenvalue weighted by molar-refractivity contribution is -0.137. The molecule has 14 amide bonds. The molecule has 604 valence electrons. The molecule has 1 fully saturated rings. The smallest absolute Gasteiger partial charge is 0.243 e. The fourth-order valence-corrected chi connectivity index (χ4v) is 13.6. The number of aromatic amines is 2. The standard InChI is InChI=1S/C77H106N20O14S/c1-8-42(6)65-76(111)87-43(7)67(102)86-37-61(99)88-53(25-17-29-83-77(81)82)68(103)93-58(34-60(79)98)70(105)92-57(33-48-36-85-52-23-14-12-21-50(48)52)73(108)95-63(40(2)3)74(109)90-54(24-15-16-28-78)69(104)91-56(32-47-35-84-51-22-13-11-20-49(47)51)72(107)96-64(41(4)5)75(110)94-59(66(80)101)38-112-39-62(100)89-55(71(106)97-65)31-44-26-27-45-18-9-10-19-46(45)30-44/h9-14,18-23,26-27,30,35-36,40-43,53-59,63-65,84-85H,8,15-17,24-25,28-29,31-34,37-39,78H2,1-7H3,(H2,79,98)(H2,80,101)(H,86,102)(H,87,111)(H,88,99)(H,89,100)(H,90,109)(H,91,104)(H,92,105)(H,93,103)(H,94,110)(H,95,108)(H,96,107)(H,97,106)(H4,81,82,83)/t42-,43-,53-,54+,55-,56-,57-,58-,59-,63-,64-,65-/m0/s1. The van der Waals surface area contributed by atoms with Gasteiger partial charge < -0.3 is 102 Å². The fraction of sp³-hybridized carbons (Fsp3) is 0.468. The third-order valence-corrected chi connectivity index (χ3v) is 20.3. The number of carbonyl (C=O) groups excluding carboxylic acids is 14.